The van der Waals surface area contributed by atoms with E-state index in [0.29, 0.717) is 31.7 Å². The molecule has 2 heterocycles. The summed E-state index contributed by atoms with van der Waals surface area (Å²) in [5, 5.41) is 9.97. The van der Waals surface area contributed by atoms with Gasteiger partial charge in [0, 0.05) is 30.9 Å². The molecule has 0 radical (unpaired) electrons. The minimum Gasteiger partial charge on any atom is -0.393 e. The molecule has 0 bridgehead atoms. The minimum absolute atomic E-state index is 0.0530. The van der Waals surface area contributed by atoms with E-state index in [0.717, 1.165) is 5.56 Å². The minimum atomic E-state index is -0.755. The molecule has 1 N–H and O–H groups in total. The maximum atomic E-state index is 12.7. The molecule has 1 fully saturated rings. The van der Waals surface area contributed by atoms with Gasteiger partial charge >= 0.3 is 0 Å². The Morgan fingerprint density at radius 1 is 1.33 bits per heavy atom. The zero-order valence-corrected chi connectivity index (χ0v) is 13.8. The molecule has 2 aromatic rings. The molecule has 24 heavy (non-hydrogen) atoms. The summed E-state index contributed by atoms with van der Waals surface area (Å²) in [5.41, 5.74) is 2.12. The summed E-state index contributed by atoms with van der Waals surface area (Å²) in [4.78, 5) is 18.4. The van der Waals surface area contributed by atoms with Gasteiger partial charge in [-0.05, 0) is 24.6 Å². The highest BCUT2D eigenvalue weighted by Crippen LogP contribution is 2.24. The van der Waals surface area contributed by atoms with E-state index in [1.54, 1.807) is 29.4 Å². The number of carbonyl (C=O) groups excluding carboxylic acids is 1. The van der Waals surface area contributed by atoms with Crippen LogP contribution in [-0.4, -0.2) is 52.8 Å². The van der Waals surface area contributed by atoms with E-state index >= 15 is 0 Å². The van der Waals surface area contributed by atoms with Gasteiger partial charge in [0.2, 0.25) is 0 Å². The van der Waals surface area contributed by atoms with Crippen LogP contribution in [0.4, 0.5) is 0 Å². The summed E-state index contributed by atoms with van der Waals surface area (Å²) < 4.78 is 5.92. The average Bonchev–Trinajstić information content (AvgIpc) is 2.62. The molecular weight excluding hydrogens is 304 g/mol. The molecule has 1 aromatic heterocycles. The van der Waals surface area contributed by atoms with E-state index in [2.05, 4.69) is 11.1 Å². The fourth-order valence-corrected chi connectivity index (χ4v) is 3.15. The Balaban J connectivity index is 1.78. The van der Waals surface area contributed by atoms with Gasteiger partial charge in [0.05, 0.1) is 19.8 Å². The second kappa shape index (κ2) is 7.11. The van der Waals surface area contributed by atoms with Crippen LogP contribution < -0.4 is 0 Å². The third kappa shape index (κ3) is 3.63. The first-order valence-electron chi connectivity index (χ1n) is 8.12. The quantitative estimate of drug-likeness (QED) is 0.931. The SMILES string of the molecule is Cc1cccc(CC2(CO)CN(C(=O)c3ccncc3)CCO2)c1. The van der Waals surface area contributed by atoms with Crippen LogP contribution in [0, 0.1) is 6.92 Å². The lowest BCUT2D eigenvalue weighted by atomic mass is 9.92. The molecule has 0 saturated carbocycles. The molecule has 1 aromatic carbocycles. The van der Waals surface area contributed by atoms with Crippen LogP contribution in [0.1, 0.15) is 21.5 Å². The highest BCUT2D eigenvalue weighted by atomic mass is 16.5. The number of carbonyl (C=O) groups is 1. The van der Waals surface area contributed by atoms with Crippen LogP contribution in [0.25, 0.3) is 0 Å². The van der Waals surface area contributed by atoms with E-state index in [1.807, 2.05) is 25.1 Å². The second-order valence-electron chi connectivity index (χ2n) is 6.32. The normalized spacial score (nSPS) is 20.8. The standard InChI is InChI=1S/C19H22N2O3/c1-15-3-2-4-16(11-15)12-19(14-22)13-21(9-10-24-19)18(23)17-5-7-20-8-6-17/h2-8,11,22H,9-10,12-14H2,1H3. The average molecular weight is 326 g/mol. The van der Waals surface area contributed by atoms with Crippen molar-refractivity contribution >= 4 is 5.91 Å². The van der Waals surface area contributed by atoms with Gasteiger partial charge in [-0.15, -0.1) is 0 Å². The molecule has 0 spiro atoms. The molecule has 0 aliphatic carbocycles. The Hall–Kier alpha value is -2.24. The van der Waals surface area contributed by atoms with Crippen LogP contribution in [0.3, 0.4) is 0 Å². The highest BCUT2D eigenvalue weighted by molar-refractivity contribution is 5.94. The molecule has 1 saturated heterocycles. The number of aromatic nitrogens is 1. The molecule has 1 amide bonds. The zero-order valence-electron chi connectivity index (χ0n) is 13.8. The fourth-order valence-electron chi connectivity index (χ4n) is 3.15. The van der Waals surface area contributed by atoms with Gasteiger partial charge in [0.1, 0.15) is 5.60 Å². The number of pyridine rings is 1. The van der Waals surface area contributed by atoms with Crippen molar-refractivity contribution in [2.24, 2.45) is 0 Å². The van der Waals surface area contributed by atoms with E-state index in [1.165, 1.54) is 5.56 Å². The number of amides is 1. The summed E-state index contributed by atoms with van der Waals surface area (Å²) >= 11 is 0. The summed E-state index contributed by atoms with van der Waals surface area (Å²) in [7, 11) is 0. The van der Waals surface area contributed by atoms with Gasteiger partial charge in [0.15, 0.2) is 0 Å². The van der Waals surface area contributed by atoms with Gasteiger partial charge in [-0.1, -0.05) is 29.8 Å². The largest absolute Gasteiger partial charge is 0.393 e. The van der Waals surface area contributed by atoms with E-state index in [4.69, 9.17) is 4.74 Å². The van der Waals surface area contributed by atoms with Crippen LogP contribution in [-0.2, 0) is 11.2 Å². The summed E-state index contributed by atoms with van der Waals surface area (Å²) in [6.07, 6.45) is 3.80. The lowest BCUT2D eigenvalue weighted by Gasteiger charge is -2.42. The number of aliphatic hydroxyl groups excluding tert-OH is 1. The number of ether oxygens (including phenoxy) is 1. The molecule has 1 aliphatic rings. The maximum absolute atomic E-state index is 12.7. The van der Waals surface area contributed by atoms with Crippen molar-refractivity contribution < 1.29 is 14.6 Å². The van der Waals surface area contributed by atoms with E-state index in [-0.39, 0.29) is 12.5 Å². The maximum Gasteiger partial charge on any atom is 0.254 e. The number of morpholine rings is 1. The van der Waals surface area contributed by atoms with Crippen molar-refractivity contribution in [2.75, 3.05) is 26.3 Å². The number of aryl methyl sites for hydroxylation is 1. The van der Waals surface area contributed by atoms with Crippen molar-refractivity contribution in [1.82, 2.24) is 9.88 Å². The van der Waals surface area contributed by atoms with Crippen LogP contribution in [0.15, 0.2) is 48.8 Å². The summed E-state index contributed by atoms with van der Waals surface area (Å²) in [6, 6.07) is 11.6. The monoisotopic (exact) mass is 326 g/mol. The van der Waals surface area contributed by atoms with E-state index in [9.17, 15) is 9.90 Å². The van der Waals surface area contributed by atoms with Crippen molar-refractivity contribution in [3.8, 4) is 0 Å². The first-order valence-corrected chi connectivity index (χ1v) is 8.12. The fraction of sp³-hybridized carbons (Fsp3) is 0.368. The molecule has 1 atom stereocenters. The van der Waals surface area contributed by atoms with Crippen LogP contribution in [0.2, 0.25) is 0 Å². The van der Waals surface area contributed by atoms with Crippen LogP contribution in [0.5, 0.6) is 0 Å². The molecule has 5 nitrogen and oxygen atoms in total. The zero-order chi connectivity index (χ0) is 17.0. The predicted octanol–water partition coefficient (Wildman–Crippen LogP) is 1.84. The second-order valence-corrected chi connectivity index (χ2v) is 6.32. The van der Waals surface area contributed by atoms with Gasteiger partial charge in [-0.3, -0.25) is 9.78 Å². The van der Waals surface area contributed by atoms with Gasteiger partial charge < -0.3 is 14.7 Å². The Labute approximate surface area is 141 Å². The Morgan fingerprint density at radius 3 is 2.83 bits per heavy atom. The van der Waals surface area contributed by atoms with Crippen LogP contribution >= 0.6 is 0 Å². The lowest BCUT2D eigenvalue weighted by Crippen LogP contribution is -2.56. The molecule has 126 valence electrons. The lowest BCUT2D eigenvalue weighted by molar-refractivity contribution is -0.123. The molecule has 3 rings (SSSR count). The molecular formula is C19H22N2O3. The van der Waals surface area contributed by atoms with Crippen molar-refractivity contribution in [3.05, 3.63) is 65.5 Å². The highest BCUT2D eigenvalue weighted by Gasteiger charge is 2.38. The van der Waals surface area contributed by atoms with Gasteiger partial charge in [0.25, 0.3) is 5.91 Å². The van der Waals surface area contributed by atoms with E-state index < -0.39 is 5.60 Å². The van der Waals surface area contributed by atoms with Crippen molar-refractivity contribution in [3.63, 3.8) is 0 Å². The third-order valence-electron chi connectivity index (χ3n) is 4.36. The number of aliphatic hydroxyl groups is 1. The predicted molar refractivity (Wildman–Crippen MR) is 90.8 cm³/mol. The van der Waals surface area contributed by atoms with Crippen molar-refractivity contribution in [2.45, 2.75) is 18.9 Å². The number of rotatable bonds is 4. The smallest absolute Gasteiger partial charge is 0.254 e. The summed E-state index contributed by atoms with van der Waals surface area (Å²) in [6.45, 7) is 3.23. The number of hydrogen-bond acceptors (Lipinski definition) is 4. The van der Waals surface area contributed by atoms with Gasteiger partial charge in [-0.25, -0.2) is 0 Å². The van der Waals surface area contributed by atoms with Crippen molar-refractivity contribution in [1.29, 1.82) is 0 Å². The number of benzene rings is 1. The first-order chi connectivity index (χ1) is 11.6. The topological polar surface area (TPSA) is 62.7 Å². The third-order valence-corrected chi connectivity index (χ3v) is 4.36. The number of hydrogen-bond donors (Lipinski definition) is 1. The Morgan fingerprint density at radius 2 is 2.12 bits per heavy atom. The van der Waals surface area contributed by atoms with Gasteiger partial charge in [-0.2, -0.15) is 0 Å². The summed E-state index contributed by atoms with van der Waals surface area (Å²) in [5.74, 6) is -0.0530. The molecule has 1 aliphatic heterocycles. The number of nitrogens with zero attached hydrogens (tertiary/aromatic N) is 2. The Kier molecular flexibility index (Phi) is 4.92. The molecule has 1 unspecified atom stereocenters. The molecule has 5 heteroatoms. The Bertz CT molecular complexity index is 705. The first kappa shape index (κ1) is 16.6.